The number of likely N-dealkylation sites (N-methyl/N-ethyl adjacent to an activating group) is 2. The van der Waals surface area contributed by atoms with E-state index in [-0.39, 0.29) is 16.4 Å². The van der Waals surface area contributed by atoms with E-state index in [1.54, 1.807) is 18.0 Å². The van der Waals surface area contributed by atoms with Crippen LogP contribution in [0.3, 0.4) is 0 Å². The molecule has 0 saturated carbocycles. The molecular formula is C19H24FN6O4+. The van der Waals surface area contributed by atoms with E-state index in [9.17, 15) is 14.0 Å². The molecule has 3 unspecified atom stereocenters. The van der Waals surface area contributed by atoms with E-state index in [1.165, 1.54) is 23.7 Å². The molecule has 3 aliphatic rings. The lowest BCUT2D eigenvalue weighted by Crippen LogP contribution is -2.47. The minimum absolute atomic E-state index is 0.121. The smallest absolute Gasteiger partial charge is 0.408 e. The zero-order valence-corrected chi connectivity index (χ0v) is 16.8. The summed E-state index contributed by atoms with van der Waals surface area (Å²) in [5.74, 6) is 0.308. The molecule has 1 fully saturated rings. The van der Waals surface area contributed by atoms with Crippen molar-refractivity contribution in [1.29, 1.82) is 0 Å². The second-order valence-electron chi connectivity index (χ2n) is 7.76. The highest BCUT2D eigenvalue weighted by Crippen LogP contribution is 2.33. The molecule has 4 rings (SSSR count). The molecular weight excluding hydrogens is 395 g/mol. The first-order valence-corrected chi connectivity index (χ1v) is 9.68. The highest BCUT2D eigenvalue weighted by atomic mass is 19.1. The van der Waals surface area contributed by atoms with Gasteiger partial charge in [-0.2, -0.15) is 14.4 Å². The Labute approximate surface area is 173 Å². The lowest BCUT2D eigenvalue weighted by atomic mass is 10.0. The molecule has 10 nitrogen and oxygen atoms in total. The third-order valence-electron chi connectivity index (χ3n) is 5.71. The first kappa shape index (κ1) is 20.1. The Morgan fingerprint density at radius 3 is 2.90 bits per heavy atom. The molecule has 0 radical (unpaired) electrons. The number of halogens is 1. The van der Waals surface area contributed by atoms with E-state index < -0.39 is 12.1 Å². The highest BCUT2D eigenvalue weighted by molar-refractivity contribution is 5.64. The van der Waals surface area contributed by atoms with Crippen molar-refractivity contribution < 1.29 is 27.7 Å². The summed E-state index contributed by atoms with van der Waals surface area (Å²) in [7, 11) is 3.57. The van der Waals surface area contributed by atoms with Gasteiger partial charge in [0.1, 0.15) is 30.7 Å². The topological polar surface area (TPSA) is 91.5 Å². The third kappa shape index (κ3) is 3.67. The monoisotopic (exact) mass is 419 g/mol. The van der Waals surface area contributed by atoms with E-state index in [4.69, 9.17) is 9.26 Å². The van der Waals surface area contributed by atoms with Crippen LogP contribution < -0.4 is 4.90 Å². The number of amides is 2. The Hall–Kier alpha value is -3.21. The number of rotatable bonds is 6. The normalized spacial score (nSPS) is 28.8. The third-order valence-corrected chi connectivity index (χ3v) is 5.71. The molecule has 0 aromatic carbocycles. The number of nitrogens with zero attached hydrogens (tertiary/aromatic N) is 6. The van der Waals surface area contributed by atoms with Crippen molar-refractivity contribution in [2.24, 2.45) is 5.10 Å². The van der Waals surface area contributed by atoms with Crippen molar-refractivity contribution >= 4 is 24.7 Å². The number of cyclic esters (lactones) is 1. The van der Waals surface area contributed by atoms with Crippen molar-refractivity contribution in [1.82, 2.24) is 15.1 Å². The number of anilines is 1. The Kier molecular flexibility index (Phi) is 5.29. The van der Waals surface area contributed by atoms with Crippen LogP contribution in [0.4, 0.5) is 15.0 Å². The summed E-state index contributed by atoms with van der Waals surface area (Å²) in [6, 6.07) is 1.23. The SMILES string of the molecule is CN(CC1C[N+](C)(C2=CCC(N3C=NN(C=O)CC3)C(F)=C2)C(=O)O1)c1ccon1. The van der Waals surface area contributed by atoms with E-state index >= 15 is 0 Å². The summed E-state index contributed by atoms with van der Waals surface area (Å²) >= 11 is 0. The Morgan fingerprint density at radius 2 is 2.27 bits per heavy atom. The molecule has 0 N–H and O–H groups in total. The molecule has 1 aromatic rings. The van der Waals surface area contributed by atoms with Gasteiger partial charge in [0.2, 0.25) is 6.41 Å². The molecule has 160 valence electrons. The zero-order valence-electron chi connectivity index (χ0n) is 16.8. The summed E-state index contributed by atoms with van der Waals surface area (Å²) < 4.78 is 25.2. The summed E-state index contributed by atoms with van der Waals surface area (Å²) in [5, 5.41) is 9.12. The van der Waals surface area contributed by atoms with Crippen LogP contribution in [0, 0.1) is 0 Å². The van der Waals surface area contributed by atoms with Crippen molar-refractivity contribution in [3.05, 3.63) is 36.0 Å². The number of ether oxygens (including phenoxy) is 1. The quantitative estimate of drug-likeness (QED) is 0.507. The fourth-order valence-corrected chi connectivity index (χ4v) is 3.95. The average molecular weight is 419 g/mol. The highest BCUT2D eigenvalue weighted by Gasteiger charge is 2.50. The fourth-order valence-electron chi connectivity index (χ4n) is 3.95. The maximum Gasteiger partial charge on any atom is 0.521 e. The van der Waals surface area contributed by atoms with Crippen LogP contribution in [-0.2, 0) is 9.53 Å². The number of carbonyl (C=O) groups is 2. The van der Waals surface area contributed by atoms with E-state index in [0.29, 0.717) is 50.5 Å². The second-order valence-corrected chi connectivity index (χ2v) is 7.76. The minimum Gasteiger partial charge on any atom is -0.408 e. The predicted molar refractivity (Wildman–Crippen MR) is 105 cm³/mol. The first-order valence-electron chi connectivity index (χ1n) is 9.68. The zero-order chi connectivity index (χ0) is 21.3. The molecule has 2 amide bonds. The number of allylic oxidation sites excluding steroid dienone is 1. The molecule has 30 heavy (non-hydrogen) atoms. The predicted octanol–water partition coefficient (Wildman–Crippen LogP) is 1.30. The van der Waals surface area contributed by atoms with Gasteiger partial charge in [0.05, 0.1) is 26.2 Å². The molecule has 1 saturated heterocycles. The largest absolute Gasteiger partial charge is 0.521 e. The number of aromatic nitrogens is 1. The van der Waals surface area contributed by atoms with Gasteiger partial charge < -0.3 is 19.1 Å². The lowest BCUT2D eigenvalue weighted by Gasteiger charge is -2.35. The van der Waals surface area contributed by atoms with Gasteiger partial charge in [-0.15, -0.1) is 0 Å². The Bertz CT molecular complexity index is 901. The number of carbonyl (C=O) groups excluding carboxylic acids is 2. The van der Waals surface area contributed by atoms with Crippen LogP contribution >= 0.6 is 0 Å². The Balaban J connectivity index is 1.43. The van der Waals surface area contributed by atoms with Gasteiger partial charge in [0, 0.05) is 25.7 Å². The summed E-state index contributed by atoms with van der Waals surface area (Å²) in [4.78, 5) is 27.0. The van der Waals surface area contributed by atoms with Gasteiger partial charge in [0.15, 0.2) is 11.9 Å². The second kappa shape index (κ2) is 7.90. The van der Waals surface area contributed by atoms with Crippen molar-refractivity contribution in [3.8, 4) is 0 Å². The Morgan fingerprint density at radius 1 is 1.43 bits per heavy atom. The molecule has 1 aliphatic carbocycles. The van der Waals surface area contributed by atoms with E-state index in [0.717, 1.165) is 0 Å². The summed E-state index contributed by atoms with van der Waals surface area (Å²) in [5.41, 5.74) is 0.573. The van der Waals surface area contributed by atoms with Crippen molar-refractivity contribution in [2.75, 3.05) is 45.2 Å². The van der Waals surface area contributed by atoms with Gasteiger partial charge in [-0.25, -0.2) is 9.40 Å². The van der Waals surface area contributed by atoms with Crippen LogP contribution in [0.1, 0.15) is 6.42 Å². The standard InChI is InChI=1S/C19H24FN6O4/c1-23(18-5-8-29-22-18)10-15-11-26(2,19(28)30-15)14-3-4-17(16(20)9-14)24-6-7-25(13-27)21-12-24/h3,5,8-9,12-13,15,17H,4,6-7,10-11H2,1-2H3/q+1. The van der Waals surface area contributed by atoms with Crippen LogP contribution in [0.2, 0.25) is 0 Å². The van der Waals surface area contributed by atoms with Gasteiger partial charge >= 0.3 is 6.09 Å². The average Bonchev–Trinajstić information content (AvgIpc) is 3.37. The van der Waals surface area contributed by atoms with Gasteiger partial charge in [0.25, 0.3) is 0 Å². The van der Waals surface area contributed by atoms with Crippen LogP contribution in [0.25, 0.3) is 0 Å². The maximum absolute atomic E-state index is 15.0. The maximum atomic E-state index is 15.0. The fraction of sp³-hybridized carbons (Fsp3) is 0.474. The van der Waals surface area contributed by atoms with Crippen molar-refractivity contribution in [2.45, 2.75) is 18.6 Å². The number of hydrogen-bond donors (Lipinski definition) is 0. The van der Waals surface area contributed by atoms with Gasteiger partial charge in [-0.05, 0) is 12.5 Å². The molecule has 0 spiro atoms. The summed E-state index contributed by atoms with van der Waals surface area (Å²) in [6.45, 7) is 1.73. The molecule has 1 aromatic heterocycles. The van der Waals surface area contributed by atoms with E-state index in [1.807, 2.05) is 18.0 Å². The van der Waals surface area contributed by atoms with Crippen LogP contribution in [0.15, 0.2) is 45.6 Å². The van der Waals surface area contributed by atoms with Gasteiger partial charge in [-0.1, -0.05) is 5.16 Å². The lowest BCUT2D eigenvalue weighted by molar-refractivity contribution is -0.780. The number of hydrogen-bond acceptors (Lipinski definition) is 8. The van der Waals surface area contributed by atoms with Gasteiger partial charge in [-0.3, -0.25) is 4.79 Å². The van der Waals surface area contributed by atoms with Crippen LogP contribution in [-0.4, -0.2) is 90.8 Å². The van der Waals surface area contributed by atoms with Crippen LogP contribution in [0.5, 0.6) is 0 Å². The number of hydrazone groups is 1. The van der Waals surface area contributed by atoms with Crippen molar-refractivity contribution in [3.63, 3.8) is 0 Å². The number of quaternary nitrogens is 1. The molecule has 0 bridgehead atoms. The molecule has 11 heteroatoms. The molecule has 2 aliphatic heterocycles. The summed E-state index contributed by atoms with van der Waals surface area (Å²) in [6.07, 6.45) is 6.51. The first-order chi connectivity index (χ1) is 14.4. The molecule has 3 atom stereocenters. The molecule has 3 heterocycles. The minimum atomic E-state index is -0.495. The van der Waals surface area contributed by atoms with E-state index in [2.05, 4.69) is 10.3 Å².